The van der Waals surface area contributed by atoms with Gasteiger partial charge in [-0.05, 0) is 38.2 Å². The molecule has 0 atom stereocenters. The second kappa shape index (κ2) is 10.6. The Morgan fingerprint density at radius 1 is 1.33 bits per heavy atom. The molecule has 1 aromatic heterocycles. The number of rotatable bonds is 5. The molecule has 1 aliphatic rings. The molecule has 24 heavy (non-hydrogen) atoms. The van der Waals surface area contributed by atoms with Gasteiger partial charge in [0.15, 0.2) is 11.7 Å². The highest BCUT2D eigenvalue weighted by Gasteiger charge is 2.18. The predicted molar refractivity (Wildman–Crippen MR) is 107 cm³/mol. The fourth-order valence-corrected chi connectivity index (χ4v) is 2.73. The molecule has 0 radical (unpaired) electrons. The molecule has 0 aromatic carbocycles. The summed E-state index contributed by atoms with van der Waals surface area (Å²) in [5, 5.41) is 6.25. The molecule has 6 nitrogen and oxygen atoms in total. The Morgan fingerprint density at radius 3 is 2.58 bits per heavy atom. The van der Waals surface area contributed by atoms with Crippen LogP contribution in [0.4, 0.5) is 0 Å². The van der Waals surface area contributed by atoms with E-state index >= 15 is 0 Å². The summed E-state index contributed by atoms with van der Waals surface area (Å²) in [7, 11) is 1.82. The molecule has 1 saturated heterocycles. The van der Waals surface area contributed by atoms with Crippen LogP contribution in [0, 0.1) is 12.8 Å². The molecule has 0 unspecified atom stereocenters. The quantitative estimate of drug-likeness (QED) is 0.315. The topological polar surface area (TPSA) is 69.9 Å². The third kappa shape index (κ3) is 5.99. The van der Waals surface area contributed by atoms with Crippen LogP contribution in [0.1, 0.15) is 42.3 Å². The Labute approximate surface area is 161 Å². The highest BCUT2D eigenvalue weighted by Crippen LogP contribution is 2.15. The van der Waals surface area contributed by atoms with Crippen LogP contribution in [-0.4, -0.2) is 50.0 Å². The molecule has 2 rings (SSSR count). The number of carbonyl (C=O) groups is 1. The van der Waals surface area contributed by atoms with Crippen molar-refractivity contribution in [1.82, 2.24) is 15.5 Å². The van der Waals surface area contributed by atoms with Crippen molar-refractivity contribution >= 4 is 35.8 Å². The van der Waals surface area contributed by atoms with Gasteiger partial charge in [-0.15, -0.1) is 24.0 Å². The maximum Gasteiger partial charge on any atom is 0.287 e. The number of nitrogens with zero attached hydrogens (tertiary/aromatic N) is 2. The van der Waals surface area contributed by atoms with Crippen molar-refractivity contribution in [2.75, 3.05) is 33.2 Å². The molecule has 1 amide bonds. The van der Waals surface area contributed by atoms with Crippen LogP contribution in [0.3, 0.4) is 0 Å². The molecule has 0 aliphatic carbocycles. The first-order valence-electron chi connectivity index (χ1n) is 8.39. The Hall–Kier alpha value is -1.25. The van der Waals surface area contributed by atoms with E-state index in [1.54, 1.807) is 6.07 Å². The number of aliphatic imine (C=N–C) groups is 1. The average molecular weight is 448 g/mol. The van der Waals surface area contributed by atoms with Gasteiger partial charge in [0.1, 0.15) is 0 Å². The summed E-state index contributed by atoms with van der Waals surface area (Å²) in [6.45, 7) is 7.70. The van der Waals surface area contributed by atoms with Gasteiger partial charge in [0.25, 0.3) is 5.91 Å². The van der Waals surface area contributed by atoms with Gasteiger partial charge in [0.05, 0.1) is 6.26 Å². The van der Waals surface area contributed by atoms with Crippen molar-refractivity contribution in [3.63, 3.8) is 0 Å². The van der Waals surface area contributed by atoms with E-state index in [1.165, 1.54) is 19.1 Å². The van der Waals surface area contributed by atoms with Crippen molar-refractivity contribution in [3.8, 4) is 0 Å². The SMILES string of the molecule is CN=C(NCCCNC(=O)c1occc1C)N1CCC(C)CC1.I. The Morgan fingerprint density at radius 2 is 2.00 bits per heavy atom. The number of aryl methyl sites for hydroxylation is 1. The van der Waals surface area contributed by atoms with E-state index in [1.807, 2.05) is 14.0 Å². The van der Waals surface area contributed by atoms with Crippen LogP contribution in [0.2, 0.25) is 0 Å². The third-order valence-electron chi connectivity index (χ3n) is 4.29. The van der Waals surface area contributed by atoms with Gasteiger partial charge >= 0.3 is 0 Å². The molecule has 1 fully saturated rings. The fraction of sp³-hybridized carbons (Fsp3) is 0.647. The van der Waals surface area contributed by atoms with Crippen molar-refractivity contribution in [3.05, 3.63) is 23.7 Å². The summed E-state index contributed by atoms with van der Waals surface area (Å²) in [5.74, 6) is 2.02. The van der Waals surface area contributed by atoms with Gasteiger partial charge < -0.3 is 20.0 Å². The molecule has 0 bridgehead atoms. The van der Waals surface area contributed by atoms with Gasteiger partial charge in [0.2, 0.25) is 0 Å². The summed E-state index contributed by atoms with van der Waals surface area (Å²) in [6, 6.07) is 1.79. The lowest BCUT2D eigenvalue weighted by Crippen LogP contribution is -2.45. The number of likely N-dealkylation sites (tertiary alicyclic amines) is 1. The second-order valence-corrected chi connectivity index (χ2v) is 6.19. The number of hydrogen-bond acceptors (Lipinski definition) is 3. The summed E-state index contributed by atoms with van der Waals surface area (Å²) < 4.78 is 5.17. The molecule has 2 heterocycles. The van der Waals surface area contributed by atoms with Gasteiger partial charge in [0, 0.05) is 38.8 Å². The summed E-state index contributed by atoms with van der Waals surface area (Å²) in [6.07, 6.45) is 4.82. The summed E-state index contributed by atoms with van der Waals surface area (Å²) >= 11 is 0. The minimum absolute atomic E-state index is 0. The average Bonchev–Trinajstić information content (AvgIpc) is 2.98. The molecule has 136 valence electrons. The molecule has 7 heteroatoms. The normalized spacial score (nSPS) is 15.8. The Bertz CT molecular complexity index is 536. The van der Waals surface area contributed by atoms with Crippen molar-refractivity contribution in [2.24, 2.45) is 10.9 Å². The van der Waals surface area contributed by atoms with Crippen LogP contribution < -0.4 is 10.6 Å². The first-order valence-corrected chi connectivity index (χ1v) is 8.39. The predicted octanol–water partition coefficient (Wildman–Crippen LogP) is 2.63. The number of halogens is 1. The highest BCUT2D eigenvalue weighted by molar-refractivity contribution is 14.0. The minimum atomic E-state index is -0.151. The molecular formula is C17H29IN4O2. The van der Waals surface area contributed by atoms with Crippen molar-refractivity contribution in [2.45, 2.75) is 33.1 Å². The van der Waals surface area contributed by atoms with Gasteiger partial charge in [-0.1, -0.05) is 6.92 Å². The fourth-order valence-electron chi connectivity index (χ4n) is 2.73. The van der Waals surface area contributed by atoms with Crippen LogP contribution in [0.25, 0.3) is 0 Å². The number of piperidine rings is 1. The van der Waals surface area contributed by atoms with Gasteiger partial charge in [-0.25, -0.2) is 0 Å². The van der Waals surface area contributed by atoms with E-state index in [9.17, 15) is 4.79 Å². The number of carbonyl (C=O) groups excluding carboxylic acids is 1. The zero-order valence-electron chi connectivity index (χ0n) is 14.8. The van der Waals surface area contributed by atoms with Gasteiger partial charge in [-0.3, -0.25) is 9.79 Å². The third-order valence-corrected chi connectivity index (χ3v) is 4.29. The number of guanidine groups is 1. The second-order valence-electron chi connectivity index (χ2n) is 6.19. The van der Waals surface area contributed by atoms with Crippen LogP contribution >= 0.6 is 24.0 Å². The standard InChI is InChI=1S/C17H28N4O2.HI/c1-13-5-10-21(11-6-13)17(18-3)20-9-4-8-19-16(22)15-14(2)7-12-23-15;/h7,12-13H,4-6,8-11H2,1-3H3,(H,18,20)(H,19,22);1H. The smallest absolute Gasteiger partial charge is 0.287 e. The van der Waals surface area contributed by atoms with E-state index in [4.69, 9.17) is 4.42 Å². The minimum Gasteiger partial charge on any atom is -0.459 e. The molecular weight excluding hydrogens is 419 g/mol. The van der Waals surface area contributed by atoms with Crippen LogP contribution in [0.5, 0.6) is 0 Å². The van der Waals surface area contributed by atoms with Crippen molar-refractivity contribution in [1.29, 1.82) is 0 Å². The van der Waals surface area contributed by atoms with Gasteiger partial charge in [-0.2, -0.15) is 0 Å². The molecule has 0 spiro atoms. The maximum atomic E-state index is 11.9. The zero-order valence-corrected chi connectivity index (χ0v) is 17.1. The monoisotopic (exact) mass is 448 g/mol. The Balaban J connectivity index is 0.00000288. The van der Waals surface area contributed by atoms with Crippen LogP contribution in [-0.2, 0) is 0 Å². The summed E-state index contributed by atoms with van der Waals surface area (Å²) in [5.41, 5.74) is 0.861. The first-order chi connectivity index (χ1) is 11.1. The zero-order chi connectivity index (χ0) is 16.7. The molecule has 1 aliphatic heterocycles. The molecule has 1 aromatic rings. The first kappa shape index (κ1) is 20.8. The van der Waals surface area contributed by atoms with Crippen LogP contribution in [0.15, 0.2) is 21.7 Å². The number of amides is 1. The lowest BCUT2D eigenvalue weighted by Gasteiger charge is -2.32. The maximum absolute atomic E-state index is 11.9. The van der Waals surface area contributed by atoms with E-state index in [2.05, 4.69) is 27.4 Å². The highest BCUT2D eigenvalue weighted by atomic mass is 127. The number of hydrogen-bond donors (Lipinski definition) is 2. The van der Waals surface area contributed by atoms with E-state index in [-0.39, 0.29) is 29.9 Å². The number of nitrogens with one attached hydrogen (secondary N) is 2. The Kier molecular flexibility index (Phi) is 9.17. The van der Waals surface area contributed by atoms with E-state index < -0.39 is 0 Å². The lowest BCUT2D eigenvalue weighted by atomic mass is 10.00. The molecule has 0 saturated carbocycles. The van der Waals surface area contributed by atoms with E-state index in [0.29, 0.717) is 12.3 Å². The largest absolute Gasteiger partial charge is 0.459 e. The number of furan rings is 1. The summed E-state index contributed by atoms with van der Waals surface area (Å²) in [4.78, 5) is 18.6. The van der Waals surface area contributed by atoms with Crippen molar-refractivity contribution < 1.29 is 9.21 Å². The lowest BCUT2D eigenvalue weighted by molar-refractivity contribution is 0.0925. The molecule has 2 N–H and O–H groups in total. The van der Waals surface area contributed by atoms with E-state index in [0.717, 1.165) is 43.5 Å².